The molecule has 6 heteroatoms. The van der Waals surface area contributed by atoms with Gasteiger partial charge >= 0.3 is 12.1 Å². The summed E-state index contributed by atoms with van der Waals surface area (Å²) in [6, 6.07) is 10.5. The molecule has 2 rings (SSSR count). The number of rotatable bonds is 6. The Morgan fingerprint density at radius 2 is 1.70 bits per heavy atom. The summed E-state index contributed by atoms with van der Waals surface area (Å²) in [7, 11) is 1.35. The van der Waals surface area contributed by atoms with Crippen LogP contribution in [0.2, 0.25) is 0 Å². The first-order valence-electron chi connectivity index (χ1n) is 8.75. The highest BCUT2D eigenvalue weighted by atomic mass is 19.4. The van der Waals surface area contributed by atoms with Gasteiger partial charge in [-0.25, -0.2) is 0 Å². The molecule has 1 unspecified atom stereocenters. The first-order valence-corrected chi connectivity index (χ1v) is 8.75. The maximum atomic E-state index is 12.8. The summed E-state index contributed by atoms with van der Waals surface area (Å²) < 4.78 is 43.3. The predicted molar refractivity (Wildman–Crippen MR) is 99.0 cm³/mol. The Labute approximate surface area is 157 Å². The standard InChI is InChI=1S/C21H24F3NO2/c1-13(2)8-19(20(26)27-3)17-10-14(12-25)9-16(11-17)15-4-6-18(7-5-15)21(22,23)24/h4-7,9-11,13,19H,8,12,25H2,1-3H3. The normalized spacial score (nSPS) is 12.9. The van der Waals surface area contributed by atoms with E-state index in [-0.39, 0.29) is 18.4 Å². The molecular formula is C21H24F3NO2. The van der Waals surface area contributed by atoms with E-state index in [1.807, 2.05) is 32.0 Å². The van der Waals surface area contributed by atoms with E-state index >= 15 is 0 Å². The Morgan fingerprint density at radius 3 is 2.19 bits per heavy atom. The van der Waals surface area contributed by atoms with Gasteiger partial charge in [0.25, 0.3) is 0 Å². The van der Waals surface area contributed by atoms with Crippen molar-refractivity contribution in [3.63, 3.8) is 0 Å². The molecule has 1 atom stereocenters. The van der Waals surface area contributed by atoms with E-state index in [9.17, 15) is 18.0 Å². The largest absolute Gasteiger partial charge is 0.469 e. The van der Waals surface area contributed by atoms with E-state index in [4.69, 9.17) is 10.5 Å². The first kappa shape index (κ1) is 21.0. The number of halogens is 3. The van der Waals surface area contributed by atoms with Crippen LogP contribution in [0, 0.1) is 5.92 Å². The molecule has 0 aliphatic heterocycles. The molecule has 146 valence electrons. The number of methoxy groups -OCH3 is 1. The molecule has 2 aromatic carbocycles. The van der Waals surface area contributed by atoms with E-state index < -0.39 is 17.7 Å². The van der Waals surface area contributed by atoms with Gasteiger partial charge in [0.05, 0.1) is 18.6 Å². The van der Waals surface area contributed by atoms with Crippen molar-refractivity contribution in [2.45, 2.75) is 38.9 Å². The highest BCUT2D eigenvalue weighted by Crippen LogP contribution is 2.33. The Hall–Kier alpha value is -2.34. The minimum Gasteiger partial charge on any atom is -0.469 e. The summed E-state index contributed by atoms with van der Waals surface area (Å²) in [5, 5.41) is 0. The van der Waals surface area contributed by atoms with Crippen molar-refractivity contribution in [1.29, 1.82) is 0 Å². The summed E-state index contributed by atoms with van der Waals surface area (Å²) in [6.45, 7) is 4.29. The topological polar surface area (TPSA) is 52.3 Å². The van der Waals surface area contributed by atoms with Crippen molar-refractivity contribution in [1.82, 2.24) is 0 Å². The second-order valence-corrected chi connectivity index (χ2v) is 6.95. The fraction of sp³-hybridized carbons (Fsp3) is 0.381. The number of esters is 1. The molecule has 0 bridgehead atoms. The van der Waals surface area contributed by atoms with Gasteiger partial charge in [0.15, 0.2) is 0 Å². The third-order valence-corrected chi connectivity index (χ3v) is 4.39. The molecule has 0 aromatic heterocycles. The van der Waals surface area contributed by atoms with Gasteiger partial charge < -0.3 is 10.5 Å². The number of nitrogens with two attached hydrogens (primary N) is 1. The highest BCUT2D eigenvalue weighted by molar-refractivity contribution is 5.79. The number of carbonyl (C=O) groups excluding carboxylic acids is 1. The zero-order valence-corrected chi connectivity index (χ0v) is 15.6. The van der Waals surface area contributed by atoms with Gasteiger partial charge in [-0.05, 0) is 52.8 Å². The summed E-state index contributed by atoms with van der Waals surface area (Å²) in [4.78, 5) is 12.3. The van der Waals surface area contributed by atoms with Gasteiger partial charge in [-0.1, -0.05) is 38.1 Å². The zero-order valence-electron chi connectivity index (χ0n) is 15.6. The molecule has 0 aliphatic rings. The molecule has 27 heavy (non-hydrogen) atoms. The number of benzene rings is 2. The molecule has 3 nitrogen and oxygen atoms in total. The van der Waals surface area contributed by atoms with Crippen LogP contribution in [0.25, 0.3) is 11.1 Å². The van der Waals surface area contributed by atoms with E-state index in [0.29, 0.717) is 12.0 Å². The fourth-order valence-corrected chi connectivity index (χ4v) is 3.04. The van der Waals surface area contributed by atoms with Gasteiger partial charge in [-0.2, -0.15) is 13.2 Å². The lowest BCUT2D eigenvalue weighted by Gasteiger charge is -2.19. The highest BCUT2D eigenvalue weighted by Gasteiger charge is 2.30. The lowest BCUT2D eigenvalue weighted by atomic mass is 9.87. The predicted octanol–water partition coefficient (Wildman–Crippen LogP) is 5.13. The van der Waals surface area contributed by atoms with Gasteiger partial charge in [-0.3, -0.25) is 4.79 Å². The molecule has 0 spiro atoms. The fourth-order valence-electron chi connectivity index (χ4n) is 3.04. The van der Waals surface area contributed by atoms with Gasteiger partial charge in [0.2, 0.25) is 0 Å². The van der Waals surface area contributed by atoms with Crippen LogP contribution in [0.1, 0.15) is 42.9 Å². The SMILES string of the molecule is COC(=O)C(CC(C)C)c1cc(CN)cc(-c2ccc(C(F)(F)F)cc2)c1. The lowest BCUT2D eigenvalue weighted by Crippen LogP contribution is -2.17. The average Bonchev–Trinajstić information content (AvgIpc) is 2.64. The van der Waals surface area contributed by atoms with E-state index in [2.05, 4.69) is 0 Å². The molecule has 2 N–H and O–H groups in total. The Bertz CT molecular complexity index is 783. The minimum absolute atomic E-state index is 0.261. The van der Waals surface area contributed by atoms with Crippen LogP contribution in [-0.2, 0) is 22.3 Å². The van der Waals surface area contributed by atoms with Crippen LogP contribution in [0.5, 0.6) is 0 Å². The van der Waals surface area contributed by atoms with Crippen LogP contribution in [0.3, 0.4) is 0 Å². The maximum Gasteiger partial charge on any atom is 0.416 e. The minimum atomic E-state index is -4.38. The molecule has 0 saturated heterocycles. The summed E-state index contributed by atoms with van der Waals surface area (Å²) in [6.07, 6.45) is -3.77. The third kappa shape index (κ3) is 5.32. The third-order valence-electron chi connectivity index (χ3n) is 4.39. The maximum absolute atomic E-state index is 12.8. The Morgan fingerprint density at radius 1 is 1.07 bits per heavy atom. The van der Waals surface area contributed by atoms with Crippen molar-refractivity contribution < 1.29 is 22.7 Å². The van der Waals surface area contributed by atoms with Crippen LogP contribution in [-0.4, -0.2) is 13.1 Å². The van der Waals surface area contributed by atoms with Gasteiger partial charge in [0.1, 0.15) is 0 Å². The number of carbonyl (C=O) groups is 1. The van der Waals surface area contributed by atoms with Crippen LogP contribution in [0.15, 0.2) is 42.5 Å². The second kappa shape index (κ2) is 8.57. The van der Waals surface area contributed by atoms with Crippen molar-refractivity contribution in [2.24, 2.45) is 11.7 Å². The molecule has 0 fully saturated rings. The van der Waals surface area contributed by atoms with Crippen LogP contribution >= 0.6 is 0 Å². The Balaban J connectivity index is 2.49. The van der Waals surface area contributed by atoms with Crippen molar-refractivity contribution >= 4 is 5.97 Å². The molecule has 0 heterocycles. The summed E-state index contributed by atoms with van der Waals surface area (Å²) in [5.74, 6) is -0.518. The molecule has 0 aliphatic carbocycles. The zero-order chi connectivity index (χ0) is 20.2. The van der Waals surface area contributed by atoms with E-state index in [0.717, 1.165) is 28.8 Å². The molecule has 0 radical (unpaired) electrons. The molecule has 2 aromatic rings. The number of ether oxygens (including phenoxy) is 1. The lowest BCUT2D eigenvalue weighted by molar-refractivity contribution is -0.143. The average molecular weight is 379 g/mol. The van der Waals surface area contributed by atoms with Gasteiger partial charge in [-0.15, -0.1) is 0 Å². The van der Waals surface area contributed by atoms with Gasteiger partial charge in [0, 0.05) is 6.54 Å². The van der Waals surface area contributed by atoms with E-state index in [1.165, 1.54) is 19.2 Å². The Kier molecular flexibility index (Phi) is 6.65. The number of hydrogen-bond acceptors (Lipinski definition) is 3. The summed E-state index contributed by atoms with van der Waals surface area (Å²) >= 11 is 0. The second-order valence-electron chi connectivity index (χ2n) is 6.95. The van der Waals surface area contributed by atoms with E-state index in [1.54, 1.807) is 0 Å². The molecule has 0 amide bonds. The first-order chi connectivity index (χ1) is 12.7. The van der Waals surface area contributed by atoms with Crippen molar-refractivity contribution in [3.8, 4) is 11.1 Å². The summed E-state index contributed by atoms with van der Waals surface area (Å²) in [5.41, 5.74) is 8.01. The number of hydrogen-bond donors (Lipinski definition) is 1. The monoisotopic (exact) mass is 379 g/mol. The van der Waals surface area contributed by atoms with Crippen molar-refractivity contribution in [2.75, 3.05) is 7.11 Å². The molecule has 0 saturated carbocycles. The quantitative estimate of drug-likeness (QED) is 0.708. The van der Waals surface area contributed by atoms with Crippen LogP contribution in [0.4, 0.5) is 13.2 Å². The van der Waals surface area contributed by atoms with Crippen LogP contribution < -0.4 is 5.73 Å². The number of alkyl halides is 3. The van der Waals surface area contributed by atoms with Crippen molar-refractivity contribution in [3.05, 3.63) is 59.2 Å². The smallest absolute Gasteiger partial charge is 0.416 e. The molecular weight excluding hydrogens is 355 g/mol.